The molecule has 1 aromatic carbocycles. The number of amides is 1. The fraction of sp³-hybridized carbons (Fsp3) is 0.500. The second-order valence-corrected chi connectivity index (χ2v) is 8.87. The van der Waals surface area contributed by atoms with Gasteiger partial charge in [0.25, 0.3) is 11.7 Å². The van der Waals surface area contributed by atoms with Gasteiger partial charge in [-0.3, -0.25) is 4.79 Å². The zero-order valence-electron chi connectivity index (χ0n) is 12.6. The molecule has 0 aliphatic heterocycles. The lowest BCUT2D eigenvalue weighted by Crippen LogP contribution is -2.33. The maximum Gasteiger partial charge on any atom is 0.288 e. The van der Waals surface area contributed by atoms with E-state index in [9.17, 15) is 22.0 Å². The molecule has 0 saturated heterocycles. The summed E-state index contributed by atoms with van der Waals surface area (Å²) in [4.78, 5) is 12.2. The Balaban J connectivity index is 2.68. The monoisotopic (exact) mass is 351 g/mol. The molecule has 0 atom stereocenters. The Morgan fingerprint density at radius 2 is 1.77 bits per heavy atom. The van der Waals surface area contributed by atoms with Gasteiger partial charge in [-0.25, -0.2) is 13.1 Å². The number of thioether (sulfide) groups is 1. The lowest BCUT2D eigenvalue weighted by molar-refractivity contribution is 0.0981. The zero-order valence-corrected chi connectivity index (χ0v) is 14.2. The smallest absolute Gasteiger partial charge is 0.268 e. The highest BCUT2D eigenvalue weighted by molar-refractivity contribution is 7.99. The topological polar surface area (TPSA) is 63.2 Å². The van der Waals surface area contributed by atoms with E-state index in [2.05, 4.69) is 0 Å². The minimum atomic E-state index is -3.72. The number of sulfonamides is 1. The first-order valence-electron chi connectivity index (χ1n) is 6.58. The highest BCUT2D eigenvalue weighted by Crippen LogP contribution is 2.25. The molecule has 0 unspecified atom stereocenters. The SMILES string of the molecule is CC(C)(C)CCS(=O)(=O)NC(=O)c1ccc(SC(F)F)cc1. The Labute approximate surface area is 133 Å². The summed E-state index contributed by atoms with van der Waals surface area (Å²) in [5.41, 5.74) is -0.0516. The highest BCUT2D eigenvalue weighted by atomic mass is 32.2. The van der Waals surface area contributed by atoms with Crippen molar-refractivity contribution in [2.45, 2.75) is 37.8 Å². The fourth-order valence-corrected chi connectivity index (χ4v) is 3.36. The van der Waals surface area contributed by atoms with Crippen molar-refractivity contribution in [1.29, 1.82) is 0 Å². The molecule has 0 heterocycles. The molecular weight excluding hydrogens is 332 g/mol. The molecule has 1 amide bonds. The Hall–Kier alpha value is -1.15. The van der Waals surface area contributed by atoms with E-state index in [-0.39, 0.29) is 16.7 Å². The number of carbonyl (C=O) groups excluding carboxylic acids is 1. The van der Waals surface area contributed by atoms with Gasteiger partial charge in [-0.2, -0.15) is 8.78 Å². The minimum absolute atomic E-state index is 0.109. The predicted molar refractivity (Wildman–Crippen MR) is 83.6 cm³/mol. The van der Waals surface area contributed by atoms with Gasteiger partial charge in [0.1, 0.15) is 0 Å². The number of benzene rings is 1. The van der Waals surface area contributed by atoms with E-state index in [1.54, 1.807) is 0 Å². The van der Waals surface area contributed by atoms with Gasteiger partial charge in [0.2, 0.25) is 10.0 Å². The van der Waals surface area contributed by atoms with Crippen molar-refractivity contribution in [3.8, 4) is 0 Å². The third-order valence-electron chi connectivity index (χ3n) is 2.71. The number of carbonyl (C=O) groups is 1. The third-order valence-corrected chi connectivity index (χ3v) is 4.67. The number of halogens is 2. The first kappa shape index (κ1) is 18.9. The van der Waals surface area contributed by atoms with E-state index < -0.39 is 21.7 Å². The van der Waals surface area contributed by atoms with E-state index in [1.165, 1.54) is 24.3 Å². The molecule has 0 fully saturated rings. The van der Waals surface area contributed by atoms with Crippen LogP contribution in [-0.4, -0.2) is 25.8 Å². The quantitative estimate of drug-likeness (QED) is 0.797. The summed E-state index contributed by atoms with van der Waals surface area (Å²) in [6, 6.07) is 5.35. The van der Waals surface area contributed by atoms with Crippen LogP contribution in [0, 0.1) is 5.41 Å². The van der Waals surface area contributed by atoms with E-state index in [1.807, 2.05) is 25.5 Å². The molecular formula is C14H19F2NO3S2. The first-order chi connectivity index (χ1) is 9.98. The summed E-state index contributed by atoms with van der Waals surface area (Å²) in [6.07, 6.45) is 0.416. The Bertz CT molecular complexity index is 608. The summed E-state index contributed by atoms with van der Waals surface area (Å²) in [5.74, 6) is -3.46. The molecule has 124 valence electrons. The van der Waals surface area contributed by atoms with Crippen LogP contribution in [0.25, 0.3) is 0 Å². The average molecular weight is 351 g/mol. The molecule has 0 spiro atoms. The standard InChI is InChI=1S/C14H19F2NO3S2/c1-14(2,3)8-9-22(19,20)17-12(18)10-4-6-11(7-5-10)21-13(15)16/h4-7,13H,8-9H2,1-3H3,(H,17,18). The number of hydrogen-bond donors (Lipinski definition) is 1. The zero-order chi connectivity index (χ0) is 17.0. The second-order valence-electron chi connectivity index (χ2n) is 5.96. The number of hydrogen-bond acceptors (Lipinski definition) is 4. The van der Waals surface area contributed by atoms with Crippen LogP contribution >= 0.6 is 11.8 Å². The molecule has 0 aromatic heterocycles. The Morgan fingerprint density at radius 3 is 2.23 bits per heavy atom. The van der Waals surface area contributed by atoms with Crippen molar-refractivity contribution in [1.82, 2.24) is 4.72 Å². The van der Waals surface area contributed by atoms with Crippen LogP contribution in [0.2, 0.25) is 0 Å². The van der Waals surface area contributed by atoms with Gasteiger partial charge in [-0.15, -0.1) is 0 Å². The van der Waals surface area contributed by atoms with E-state index in [4.69, 9.17) is 0 Å². The fourth-order valence-electron chi connectivity index (χ4n) is 1.48. The van der Waals surface area contributed by atoms with Gasteiger partial charge in [-0.1, -0.05) is 32.5 Å². The first-order valence-corrected chi connectivity index (χ1v) is 9.11. The van der Waals surface area contributed by atoms with Gasteiger partial charge < -0.3 is 0 Å². The molecule has 8 heteroatoms. The summed E-state index contributed by atoms with van der Waals surface area (Å²) >= 11 is 0.360. The second kappa shape index (κ2) is 7.41. The highest BCUT2D eigenvalue weighted by Gasteiger charge is 2.20. The molecule has 1 rings (SSSR count). The summed E-state index contributed by atoms with van der Waals surface area (Å²) in [7, 11) is -3.72. The van der Waals surface area contributed by atoms with Gasteiger partial charge >= 0.3 is 0 Å². The van der Waals surface area contributed by atoms with Gasteiger partial charge in [0, 0.05) is 10.5 Å². The number of nitrogens with one attached hydrogen (secondary N) is 1. The predicted octanol–water partition coefficient (Wildman–Crippen LogP) is 3.50. The Kier molecular flexibility index (Phi) is 6.37. The molecule has 0 aliphatic rings. The van der Waals surface area contributed by atoms with Crippen molar-refractivity contribution in [3.05, 3.63) is 29.8 Å². The molecule has 1 N–H and O–H groups in total. The summed E-state index contributed by atoms with van der Waals surface area (Å²) in [5, 5.41) is 0. The molecule has 22 heavy (non-hydrogen) atoms. The van der Waals surface area contributed by atoms with Gasteiger partial charge in [-0.05, 0) is 36.1 Å². The summed E-state index contributed by atoms with van der Waals surface area (Å²) in [6.45, 7) is 5.72. The normalized spacial score (nSPS) is 12.5. The lowest BCUT2D eigenvalue weighted by Gasteiger charge is -2.17. The minimum Gasteiger partial charge on any atom is -0.268 e. The van der Waals surface area contributed by atoms with Crippen molar-refractivity contribution >= 4 is 27.7 Å². The van der Waals surface area contributed by atoms with Crippen molar-refractivity contribution < 1.29 is 22.0 Å². The van der Waals surface area contributed by atoms with Crippen LogP contribution in [0.3, 0.4) is 0 Å². The van der Waals surface area contributed by atoms with Gasteiger partial charge in [0.05, 0.1) is 5.75 Å². The van der Waals surface area contributed by atoms with Crippen molar-refractivity contribution in [2.24, 2.45) is 5.41 Å². The van der Waals surface area contributed by atoms with Crippen LogP contribution in [0.1, 0.15) is 37.6 Å². The maximum absolute atomic E-state index is 12.2. The molecule has 1 aromatic rings. The van der Waals surface area contributed by atoms with Crippen LogP contribution in [0.5, 0.6) is 0 Å². The average Bonchev–Trinajstić information content (AvgIpc) is 2.35. The lowest BCUT2D eigenvalue weighted by atomic mass is 9.94. The number of alkyl halides is 2. The van der Waals surface area contributed by atoms with E-state index in [0.29, 0.717) is 23.1 Å². The largest absolute Gasteiger partial charge is 0.288 e. The van der Waals surface area contributed by atoms with Crippen LogP contribution < -0.4 is 4.72 Å². The van der Waals surface area contributed by atoms with Crippen LogP contribution in [0.4, 0.5) is 8.78 Å². The molecule has 0 aliphatic carbocycles. The van der Waals surface area contributed by atoms with Crippen LogP contribution in [-0.2, 0) is 10.0 Å². The summed E-state index contributed by atoms with van der Waals surface area (Å²) < 4.78 is 50.0. The maximum atomic E-state index is 12.2. The van der Waals surface area contributed by atoms with Crippen molar-refractivity contribution in [2.75, 3.05) is 5.75 Å². The van der Waals surface area contributed by atoms with E-state index >= 15 is 0 Å². The molecule has 0 bridgehead atoms. The van der Waals surface area contributed by atoms with Crippen molar-refractivity contribution in [3.63, 3.8) is 0 Å². The third kappa shape index (κ3) is 7.22. The van der Waals surface area contributed by atoms with Gasteiger partial charge in [0.15, 0.2) is 0 Å². The molecule has 4 nitrogen and oxygen atoms in total. The molecule has 0 saturated carbocycles. The van der Waals surface area contributed by atoms with E-state index in [0.717, 1.165) is 0 Å². The Morgan fingerprint density at radius 1 is 1.23 bits per heavy atom. The van der Waals surface area contributed by atoms with Crippen LogP contribution in [0.15, 0.2) is 29.2 Å². The number of rotatable bonds is 6. The molecule has 0 radical (unpaired) electrons.